The van der Waals surface area contributed by atoms with E-state index in [1.54, 1.807) is 0 Å². The zero-order chi connectivity index (χ0) is 10.7. The maximum atomic E-state index is 11.0. The molecule has 1 saturated heterocycles. The lowest BCUT2D eigenvalue weighted by Gasteiger charge is -2.20. The monoisotopic (exact) mass is 208 g/mol. The van der Waals surface area contributed by atoms with Gasteiger partial charge in [-0.05, 0) is 31.2 Å². The highest BCUT2D eigenvalue weighted by molar-refractivity contribution is 5.92. The molecule has 4 heteroatoms. The summed E-state index contributed by atoms with van der Waals surface area (Å²) in [4.78, 5) is 11.0. The van der Waals surface area contributed by atoms with Crippen LogP contribution in [0.25, 0.3) is 0 Å². The number of rotatable bonds is 3. The van der Waals surface area contributed by atoms with E-state index in [4.69, 9.17) is 4.74 Å². The number of aromatic amines is 1. The number of aromatic nitrogens is 2. The molecule has 15 heavy (non-hydrogen) atoms. The van der Waals surface area contributed by atoms with Gasteiger partial charge in [0.1, 0.15) is 5.69 Å². The van der Waals surface area contributed by atoms with Crippen LogP contribution in [0.2, 0.25) is 0 Å². The Bertz CT molecular complexity index is 340. The molecule has 0 saturated carbocycles. The fourth-order valence-electron chi connectivity index (χ4n) is 1.91. The molecule has 1 aromatic heterocycles. The van der Waals surface area contributed by atoms with Crippen LogP contribution in [0.1, 0.15) is 35.9 Å². The van der Waals surface area contributed by atoms with E-state index in [9.17, 15) is 4.79 Å². The van der Waals surface area contributed by atoms with Crippen molar-refractivity contribution in [3.05, 3.63) is 17.5 Å². The number of hydrogen-bond acceptors (Lipinski definition) is 3. The largest absolute Gasteiger partial charge is 0.381 e. The fourth-order valence-corrected chi connectivity index (χ4v) is 1.91. The van der Waals surface area contributed by atoms with Crippen LogP contribution in [-0.4, -0.2) is 29.2 Å². The van der Waals surface area contributed by atoms with E-state index in [0.717, 1.165) is 38.2 Å². The molecule has 1 aliphatic rings. The number of carbonyl (C=O) groups excluding carboxylic acids is 1. The lowest BCUT2D eigenvalue weighted by Crippen LogP contribution is -2.17. The van der Waals surface area contributed by atoms with Crippen molar-refractivity contribution < 1.29 is 9.53 Å². The maximum Gasteiger partial charge on any atom is 0.179 e. The number of ether oxygens (including phenoxy) is 1. The molecule has 0 bridgehead atoms. The summed E-state index contributed by atoms with van der Waals surface area (Å²) in [6, 6.07) is 1.86. The zero-order valence-electron chi connectivity index (χ0n) is 8.95. The minimum Gasteiger partial charge on any atom is -0.381 e. The Morgan fingerprint density at radius 3 is 2.93 bits per heavy atom. The predicted octanol–water partition coefficient (Wildman–Crippen LogP) is 1.58. The number of nitrogens with one attached hydrogen (secondary N) is 1. The SMILES string of the molecule is CC(=O)c1cc(CC2CCOCC2)[nH]n1. The summed E-state index contributed by atoms with van der Waals surface area (Å²) in [7, 11) is 0. The molecule has 1 fully saturated rings. The molecule has 0 aromatic carbocycles. The second-order valence-corrected chi connectivity index (χ2v) is 4.09. The third-order valence-electron chi connectivity index (χ3n) is 2.84. The van der Waals surface area contributed by atoms with Gasteiger partial charge in [-0.15, -0.1) is 0 Å². The lowest BCUT2D eigenvalue weighted by molar-refractivity contribution is 0.0662. The minimum atomic E-state index is 0.0180. The normalized spacial score (nSPS) is 17.9. The number of carbonyl (C=O) groups is 1. The van der Waals surface area contributed by atoms with Crippen LogP contribution >= 0.6 is 0 Å². The molecule has 82 valence electrons. The lowest BCUT2D eigenvalue weighted by atomic mass is 9.95. The molecular weight excluding hydrogens is 192 g/mol. The van der Waals surface area contributed by atoms with Gasteiger partial charge in [-0.1, -0.05) is 0 Å². The van der Waals surface area contributed by atoms with Crippen LogP contribution in [-0.2, 0) is 11.2 Å². The van der Waals surface area contributed by atoms with Gasteiger partial charge in [0, 0.05) is 25.8 Å². The maximum absolute atomic E-state index is 11.0. The number of Topliss-reactive ketones (excluding diaryl/α,β-unsaturated/α-hetero) is 1. The van der Waals surface area contributed by atoms with E-state index >= 15 is 0 Å². The first kappa shape index (κ1) is 10.4. The number of H-pyrrole nitrogens is 1. The van der Waals surface area contributed by atoms with Crippen molar-refractivity contribution in [1.29, 1.82) is 0 Å². The second-order valence-electron chi connectivity index (χ2n) is 4.09. The topological polar surface area (TPSA) is 55.0 Å². The van der Waals surface area contributed by atoms with Crippen LogP contribution in [0, 0.1) is 5.92 Å². The van der Waals surface area contributed by atoms with Crippen molar-refractivity contribution in [2.24, 2.45) is 5.92 Å². The molecular formula is C11H16N2O2. The summed E-state index contributed by atoms with van der Waals surface area (Å²) in [6.07, 6.45) is 3.19. The highest BCUT2D eigenvalue weighted by Gasteiger charge is 2.15. The minimum absolute atomic E-state index is 0.0180. The van der Waals surface area contributed by atoms with Crippen LogP contribution < -0.4 is 0 Å². The molecule has 0 spiro atoms. The Balaban J connectivity index is 1.94. The number of hydrogen-bond donors (Lipinski definition) is 1. The Morgan fingerprint density at radius 2 is 2.33 bits per heavy atom. The van der Waals surface area contributed by atoms with Crippen LogP contribution in [0.3, 0.4) is 0 Å². The number of nitrogens with zero attached hydrogens (tertiary/aromatic N) is 1. The van der Waals surface area contributed by atoms with Crippen molar-refractivity contribution in [3.63, 3.8) is 0 Å². The quantitative estimate of drug-likeness (QED) is 0.767. The Hall–Kier alpha value is -1.16. The molecule has 2 rings (SSSR count). The highest BCUT2D eigenvalue weighted by Crippen LogP contribution is 2.19. The first-order valence-corrected chi connectivity index (χ1v) is 5.38. The van der Waals surface area contributed by atoms with Gasteiger partial charge in [0.05, 0.1) is 0 Å². The van der Waals surface area contributed by atoms with Gasteiger partial charge in [-0.3, -0.25) is 9.89 Å². The molecule has 1 N–H and O–H groups in total. The Labute approximate surface area is 89.0 Å². The molecule has 0 amide bonds. The third-order valence-corrected chi connectivity index (χ3v) is 2.84. The van der Waals surface area contributed by atoms with Crippen molar-refractivity contribution in [2.75, 3.05) is 13.2 Å². The predicted molar refractivity (Wildman–Crippen MR) is 55.8 cm³/mol. The molecule has 0 unspecified atom stereocenters. The van der Waals surface area contributed by atoms with Gasteiger partial charge >= 0.3 is 0 Å². The van der Waals surface area contributed by atoms with Crippen LogP contribution in [0.4, 0.5) is 0 Å². The van der Waals surface area contributed by atoms with E-state index in [2.05, 4.69) is 10.2 Å². The summed E-state index contributed by atoms with van der Waals surface area (Å²) in [6.45, 7) is 3.26. The highest BCUT2D eigenvalue weighted by atomic mass is 16.5. The van der Waals surface area contributed by atoms with Crippen molar-refractivity contribution in [1.82, 2.24) is 10.2 Å². The van der Waals surface area contributed by atoms with Gasteiger partial charge < -0.3 is 4.74 Å². The molecule has 0 aliphatic carbocycles. The summed E-state index contributed by atoms with van der Waals surface area (Å²) >= 11 is 0. The first-order valence-electron chi connectivity index (χ1n) is 5.38. The van der Waals surface area contributed by atoms with E-state index in [0.29, 0.717) is 11.6 Å². The van der Waals surface area contributed by atoms with E-state index < -0.39 is 0 Å². The smallest absolute Gasteiger partial charge is 0.179 e. The molecule has 0 radical (unpaired) electrons. The summed E-state index contributed by atoms with van der Waals surface area (Å²) in [5.41, 5.74) is 1.60. The standard InChI is InChI=1S/C11H16N2O2/c1-8(14)11-7-10(12-13-11)6-9-2-4-15-5-3-9/h7,9H,2-6H2,1H3,(H,12,13). The van der Waals surface area contributed by atoms with Crippen LogP contribution in [0.15, 0.2) is 6.07 Å². The average Bonchev–Trinajstić information content (AvgIpc) is 2.68. The fraction of sp³-hybridized carbons (Fsp3) is 0.636. The van der Waals surface area contributed by atoms with Crippen molar-refractivity contribution >= 4 is 5.78 Å². The van der Waals surface area contributed by atoms with Gasteiger partial charge in [0.2, 0.25) is 0 Å². The van der Waals surface area contributed by atoms with Gasteiger partial charge in [0.15, 0.2) is 5.78 Å². The Kier molecular flexibility index (Phi) is 3.16. The van der Waals surface area contributed by atoms with Gasteiger partial charge in [-0.2, -0.15) is 5.10 Å². The second kappa shape index (κ2) is 4.57. The van der Waals surface area contributed by atoms with Crippen molar-refractivity contribution in [2.45, 2.75) is 26.2 Å². The molecule has 1 aliphatic heterocycles. The number of ketones is 1. The summed E-state index contributed by atoms with van der Waals surface area (Å²) < 4.78 is 5.30. The molecule has 0 atom stereocenters. The van der Waals surface area contributed by atoms with Crippen molar-refractivity contribution in [3.8, 4) is 0 Å². The van der Waals surface area contributed by atoms with E-state index in [-0.39, 0.29) is 5.78 Å². The van der Waals surface area contributed by atoms with Crippen LogP contribution in [0.5, 0.6) is 0 Å². The Morgan fingerprint density at radius 1 is 1.60 bits per heavy atom. The molecule has 1 aromatic rings. The average molecular weight is 208 g/mol. The zero-order valence-corrected chi connectivity index (χ0v) is 8.95. The van der Waals surface area contributed by atoms with Gasteiger partial charge in [-0.25, -0.2) is 0 Å². The molecule has 4 nitrogen and oxygen atoms in total. The van der Waals surface area contributed by atoms with E-state index in [1.807, 2.05) is 6.07 Å². The summed E-state index contributed by atoms with van der Waals surface area (Å²) in [5, 5.41) is 6.90. The summed E-state index contributed by atoms with van der Waals surface area (Å²) in [5.74, 6) is 0.684. The van der Waals surface area contributed by atoms with E-state index in [1.165, 1.54) is 6.92 Å². The van der Waals surface area contributed by atoms with Gasteiger partial charge in [0.25, 0.3) is 0 Å². The first-order chi connectivity index (χ1) is 7.25. The molecule has 2 heterocycles. The third kappa shape index (κ3) is 2.65.